The van der Waals surface area contributed by atoms with Gasteiger partial charge in [-0.15, -0.1) is 0 Å². The van der Waals surface area contributed by atoms with E-state index < -0.39 is 0 Å². The number of nitrogens with zero attached hydrogens (tertiary/aromatic N) is 2. The van der Waals surface area contributed by atoms with Crippen LogP contribution in [0.25, 0.3) is 0 Å². The highest BCUT2D eigenvalue weighted by atomic mass is 32.1. The maximum atomic E-state index is 5.50. The molecule has 0 aliphatic carbocycles. The Morgan fingerprint density at radius 1 is 1.29 bits per heavy atom. The van der Waals surface area contributed by atoms with Gasteiger partial charge in [-0.3, -0.25) is 0 Å². The van der Waals surface area contributed by atoms with Crippen molar-refractivity contribution in [1.29, 1.82) is 0 Å². The van der Waals surface area contributed by atoms with Crippen LogP contribution in [-0.2, 0) is 0 Å². The fraction of sp³-hybridized carbons (Fsp3) is 0.900. The summed E-state index contributed by atoms with van der Waals surface area (Å²) in [6.07, 6.45) is 2.00. The maximum absolute atomic E-state index is 5.50. The predicted molar refractivity (Wildman–Crippen MR) is 66.7 cm³/mol. The molecule has 0 radical (unpaired) electrons. The first-order valence-electron chi connectivity index (χ1n) is 5.06. The third-order valence-electron chi connectivity index (χ3n) is 2.37. The van der Waals surface area contributed by atoms with Crippen LogP contribution in [0.2, 0.25) is 0 Å². The zero-order valence-electron chi connectivity index (χ0n) is 9.79. The highest BCUT2D eigenvalue weighted by Gasteiger charge is 2.09. The molecule has 0 fully saturated rings. The van der Waals surface area contributed by atoms with Gasteiger partial charge in [0.05, 0.1) is 4.99 Å². The van der Waals surface area contributed by atoms with E-state index in [1.54, 1.807) is 0 Å². The SMILES string of the molecule is CC(CC(N)=S)N(C)CCCN(C)C. The Balaban J connectivity index is 3.61. The summed E-state index contributed by atoms with van der Waals surface area (Å²) in [7, 11) is 6.31. The minimum Gasteiger partial charge on any atom is -0.393 e. The molecule has 0 spiro atoms. The Labute approximate surface area is 93.2 Å². The Morgan fingerprint density at radius 2 is 1.86 bits per heavy atom. The number of hydrogen-bond acceptors (Lipinski definition) is 3. The molecule has 0 aliphatic rings. The Bertz CT molecular complexity index is 171. The second kappa shape index (κ2) is 7.15. The summed E-state index contributed by atoms with van der Waals surface area (Å²) < 4.78 is 0. The van der Waals surface area contributed by atoms with E-state index in [-0.39, 0.29) is 0 Å². The monoisotopic (exact) mass is 217 g/mol. The van der Waals surface area contributed by atoms with Crippen LogP contribution in [0.15, 0.2) is 0 Å². The van der Waals surface area contributed by atoms with Gasteiger partial charge >= 0.3 is 0 Å². The molecule has 2 N–H and O–H groups in total. The van der Waals surface area contributed by atoms with E-state index in [1.165, 1.54) is 6.42 Å². The largest absolute Gasteiger partial charge is 0.393 e. The molecule has 0 heterocycles. The molecular weight excluding hydrogens is 194 g/mol. The van der Waals surface area contributed by atoms with Crippen LogP contribution in [0, 0.1) is 0 Å². The van der Waals surface area contributed by atoms with Gasteiger partial charge in [-0.1, -0.05) is 12.2 Å². The van der Waals surface area contributed by atoms with E-state index in [2.05, 4.69) is 37.9 Å². The van der Waals surface area contributed by atoms with Crippen LogP contribution in [0.4, 0.5) is 0 Å². The summed E-state index contributed by atoms with van der Waals surface area (Å²) in [6, 6.07) is 0.453. The van der Waals surface area contributed by atoms with Crippen LogP contribution >= 0.6 is 12.2 Å². The number of nitrogens with two attached hydrogens (primary N) is 1. The summed E-state index contributed by atoms with van der Waals surface area (Å²) in [5.41, 5.74) is 5.50. The maximum Gasteiger partial charge on any atom is 0.0742 e. The van der Waals surface area contributed by atoms with Gasteiger partial charge in [0.15, 0.2) is 0 Å². The van der Waals surface area contributed by atoms with Crippen molar-refractivity contribution in [3.05, 3.63) is 0 Å². The molecule has 0 aromatic rings. The lowest BCUT2D eigenvalue weighted by Gasteiger charge is -2.24. The van der Waals surface area contributed by atoms with Gasteiger partial charge in [0, 0.05) is 12.5 Å². The predicted octanol–water partition coefficient (Wildman–Crippen LogP) is 0.935. The molecule has 0 saturated heterocycles. The van der Waals surface area contributed by atoms with Crippen molar-refractivity contribution in [2.45, 2.75) is 25.8 Å². The Hall–Kier alpha value is -0.190. The molecule has 0 saturated carbocycles. The second-order valence-electron chi connectivity index (χ2n) is 4.16. The number of hydrogen-bond donors (Lipinski definition) is 1. The van der Waals surface area contributed by atoms with Crippen molar-refractivity contribution in [2.24, 2.45) is 5.73 Å². The lowest BCUT2D eigenvalue weighted by atomic mass is 10.2. The van der Waals surface area contributed by atoms with E-state index in [0.29, 0.717) is 11.0 Å². The minimum atomic E-state index is 0.453. The van der Waals surface area contributed by atoms with Gasteiger partial charge in [0.25, 0.3) is 0 Å². The van der Waals surface area contributed by atoms with E-state index in [1.807, 2.05) is 0 Å². The van der Waals surface area contributed by atoms with E-state index in [9.17, 15) is 0 Å². The first kappa shape index (κ1) is 13.8. The molecule has 1 unspecified atom stereocenters. The first-order valence-corrected chi connectivity index (χ1v) is 5.47. The number of rotatable bonds is 7. The molecule has 14 heavy (non-hydrogen) atoms. The highest BCUT2D eigenvalue weighted by Crippen LogP contribution is 2.02. The Morgan fingerprint density at radius 3 is 2.29 bits per heavy atom. The van der Waals surface area contributed by atoms with Gasteiger partial charge in [-0.05, 0) is 47.6 Å². The molecular formula is C10H23N3S. The number of thiocarbonyl (C=S) groups is 1. The smallest absolute Gasteiger partial charge is 0.0742 e. The molecule has 3 nitrogen and oxygen atoms in total. The lowest BCUT2D eigenvalue weighted by molar-refractivity contribution is 0.246. The van der Waals surface area contributed by atoms with Crippen molar-refractivity contribution in [2.75, 3.05) is 34.2 Å². The molecule has 0 rings (SSSR count). The molecule has 0 amide bonds. The van der Waals surface area contributed by atoms with E-state index >= 15 is 0 Å². The lowest BCUT2D eigenvalue weighted by Crippen LogP contribution is -2.34. The van der Waals surface area contributed by atoms with Crippen LogP contribution in [0.3, 0.4) is 0 Å². The van der Waals surface area contributed by atoms with Gasteiger partial charge in [-0.2, -0.15) is 0 Å². The fourth-order valence-corrected chi connectivity index (χ4v) is 1.54. The van der Waals surface area contributed by atoms with Gasteiger partial charge < -0.3 is 15.5 Å². The van der Waals surface area contributed by atoms with Crippen LogP contribution < -0.4 is 5.73 Å². The molecule has 0 bridgehead atoms. The molecule has 1 atom stereocenters. The van der Waals surface area contributed by atoms with Gasteiger partial charge in [0.1, 0.15) is 0 Å². The topological polar surface area (TPSA) is 32.5 Å². The summed E-state index contributed by atoms with van der Waals surface area (Å²) in [4.78, 5) is 5.12. The fourth-order valence-electron chi connectivity index (χ4n) is 1.30. The molecule has 0 aromatic carbocycles. The average Bonchev–Trinajstić information content (AvgIpc) is 2.01. The molecule has 4 heteroatoms. The normalized spacial score (nSPS) is 13.6. The summed E-state index contributed by atoms with van der Waals surface area (Å²) in [5.74, 6) is 0. The van der Waals surface area contributed by atoms with E-state index in [4.69, 9.17) is 18.0 Å². The van der Waals surface area contributed by atoms with Gasteiger partial charge in [-0.25, -0.2) is 0 Å². The summed E-state index contributed by atoms with van der Waals surface area (Å²) in [5, 5.41) is 0. The van der Waals surface area contributed by atoms with E-state index in [0.717, 1.165) is 19.5 Å². The van der Waals surface area contributed by atoms with Crippen molar-refractivity contribution in [3.63, 3.8) is 0 Å². The van der Waals surface area contributed by atoms with Crippen molar-refractivity contribution in [3.8, 4) is 0 Å². The summed E-state index contributed by atoms with van der Waals surface area (Å²) in [6.45, 7) is 4.39. The zero-order valence-corrected chi connectivity index (χ0v) is 10.6. The standard InChI is InChI=1S/C10H23N3S/c1-9(8-10(11)14)13(4)7-5-6-12(2)3/h9H,5-8H2,1-4H3,(H2,11,14). The molecule has 84 valence electrons. The summed E-state index contributed by atoms with van der Waals surface area (Å²) >= 11 is 4.89. The van der Waals surface area contributed by atoms with Crippen molar-refractivity contribution in [1.82, 2.24) is 9.80 Å². The minimum absolute atomic E-state index is 0.453. The Kier molecular flexibility index (Phi) is 7.05. The third kappa shape index (κ3) is 7.24. The van der Waals surface area contributed by atoms with Crippen molar-refractivity contribution < 1.29 is 0 Å². The van der Waals surface area contributed by atoms with Crippen LogP contribution in [0.1, 0.15) is 19.8 Å². The molecule has 0 aliphatic heterocycles. The first-order chi connectivity index (χ1) is 6.43. The zero-order chi connectivity index (χ0) is 11.1. The second-order valence-corrected chi connectivity index (χ2v) is 4.68. The van der Waals surface area contributed by atoms with Gasteiger partial charge in [0.2, 0.25) is 0 Å². The third-order valence-corrected chi connectivity index (χ3v) is 2.53. The van der Waals surface area contributed by atoms with Crippen LogP contribution in [-0.4, -0.2) is 55.1 Å². The van der Waals surface area contributed by atoms with Crippen molar-refractivity contribution >= 4 is 17.2 Å². The molecule has 0 aromatic heterocycles. The quantitative estimate of drug-likeness (QED) is 0.643. The highest BCUT2D eigenvalue weighted by molar-refractivity contribution is 7.80. The van der Waals surface area contributed by atoms with Crippen LogP contribution in [0.5, 0.6) is 0 Å². The average molecular weight is 217 g/mol.